The van der Waals surface area contributed by atoms with Crippen LogP contribution >= 0.6 is 11.6 Å². The minimum atomic E-state index is -2.90. The number of halogens is 1. The Kier molecular flexibility index (Phi) is 5.30. The predicted octanol–water partition coefficient (Wildman–Crippen LogP) is 2.24. The molecule has 0 radical (unpaired) electrons. The highest BCUT2D eigenvalue weighted by Gasteiger charge is 2.35. The molecular formula is C15H23ClN2O2S. The number of nitrogens with zero attached hydrogens (tertiary/aromatic N) is 1. The first kappa shape index (κ1) is 16.7. The van der Waals surface area contributed by atoms with Crippen molar-refractivity contribution in [2.24, 2.45) is 5.73 Å². The molecular weight excluding hydrogens is 308 g/mol. The maximum Gasteiger partial charge on any atom is 0.151 e. The van der Waals surface area contributed by atoms with Gasteiger partial charge in [-0.25, -0.2) is 8.42 Å². The fourth-order valence-corrected chi connectivity index (χ4v) is 4.90. The SMILES string of the molecule is CCC(N)C(c1ccc(Cl)cc1)N(C)C1CCS(=O)(=O)C1. The number of sulfone groups is 1. The van der Waals surface area contributed by atoms with Gasteiger partial charge in [-0.2, -0.15) is 0 Å². The van der Waals surface area contributed by atoms with E-state index in [-0.39, 0.29) is 29.6 Å². The van der Waals surface area contributed by atoms with E-state index in [9.17, 15) is 8.42 Å². The van der Waals surface area contributed by atoms with Crippen molar-refractivity contribution in [3.05, 3.63) is 34.9 Å². The normalized spacial score (nSPS) is 24.1. The molecule has 21 heavy (non-hydrogen) atoms. The van der Waals surface area contributed by atoms with Crippen LogP contribution in [0.25, 0.3) is 0 Å². The molecule has 1 saturated heterocycles. The van der Waals surface area contributed by atoms with Crippen molar-refractivity contribution in [1.29, 1.82) is 0 Å². The molecule has 4 nitrogen and oxygen atoms in total. The molecule has 1 aromatic carbocycles. The van der Waals surface area contributed by atoms with Crippen molar-refractivity contribution in [3.63, 3.8) is 0 Å². The lowest BCUT2D eigenvalue weighted by Gasteiger charge is -2.36. The molecule has 1 aliphatic rings. The summed E-state index contributed by atoms with van der Waals surface area (Å²) in [4.78, 5) is 2.13. The first-order valence-electron chi connectivity index (χ1n) is 7.27. The third kappa shape index (κ3) is 3.97. The highest BCUT2D eigenvalue weighted by molar-refractivity contribution is 7.91. The molecule has 1 aromatic rings. The summed E-state index contributed by atoms with van der Waals surface area (Å²) in [6, 6.07) is 7.65. The van der Waals surface area contributed by atoms with Gasteiger partial charge in [0.25, 0.3) is 0 Å². The van der Waals surface area contributed by atoms with Crippen LogP contribution in [0.3, 0.4) is 0 Å². The maximum absolute atomic E-state index is 11.7. The molecule has 3 atom stereocenters. The molecule has 2 N–H and O–H groups in total. The van der Waals surface area contributed by atoms with Gasteiger partial charge in [-0.15, -0.1) is 0 Å². The smallest absolute Gasteiger partial charge is 0.151 e. The van der Waals surface area contributed by atoms with E-state index < -0.39 is 9.84 Å². The van der Waals surface area contributed by atoms with Crippen LogP contribution < -0.4 is 5.73 Å². The standard InChI is InChI=1S/C15H23ClN2O2S/c1-3-14(17)15(11-4-6-12(16)7-5-11)18(2)13-8-9-21(19,20)10-13/h4-7,13-15H,3,8-10,17H2,1-2H3. The molecule has 3 unspecified atom stereocenters. The van der Waals surface area contributed by atoms with Crippen LogP contribution in [-0.4, -0.2) is 44.0 Å². The lowest BCUT2D eigenvalue weighted by molar-refractivity contribution is 0.161. The summed E-state index contributed by atoms with van der Waals surface area (Å²) in [6.45, 7) is 2.05. The summed E-state index contributed by atoms with van der Waals surface area (Å²) < 4.78 is 23.4. The first-order chi connectivity index (χ1) is 9.84. The molecule has 1 aliphatic heterocycles. The van der Waals surface area contributed by atoms with Crippen LogP contribution in [0.2, 0.25) is 5.02 Å². The van der Waals surface area contributed by atoms with Crippen LogP contribution in [0.15, 0.2) is 24.3 Å². The summed E-state index contributed by atoms with van der Waals surface area (Å²) in [7, 11) is -0.926. The number of rotatable bonds is 5. The number of hydrogen-bond acceptors (Lipinski definition) is 4. The van der Waals surface area contributed by atoms with Gasteiger partial charge in [-0.05, 0) is 37.6 Å². The zero-order valence-corrected chi connectivity index (χ0v) is 14.1. The Labute approximate surface area is 132 Å². The highest BCUT2D eigenvalue weighted by atomic mass is 35.5. The molecule has 0 spiro atoms. The van der Waals surface area contributed by atoms with Gasteiger partial charge in [0.05, 0.1) is 11.5 Å². The number of likely N-dealkylation sites (N-methyl/N-ethyl adjacent to an activating group) is 1. The average Bonchev–Trinajstić information content (AvgIpc) is 2.81. The molecule has 0 aliphatic carbocycles. The Hall–Kier alpha value is -0.620. The molecule has 0 aromatic heterocycles. The van der Waals surface area contributed by atoms with E-state index in [0.717, 1.165) is 12.0 Å². The number of nitrogens with two attached hydrogens (primary N) is 1. The summed E-state index contributed by atoms with van der Waals surface area (Å²) in [5.74, 6) is 0.501. The van der Waals surface area contributed by atoms with Gasteiger partial charge in [-0.3, -0.25) is 4.90 Å². The second-order valence-corrected chi connectivity index (χ2v) is 8.46. The Bertz CT molecular complexity index is 574. The fraction of sp³-hybridized carbons (Fsp3) is 0.600. The van der Waals surface area contributed by atoms with Gasteiger partial charge < -0.3 is 5.73 Å². The molecule has 0 amide bonds. The fourth-order valence-electron chi connectivity index (χ4n) is 2.99. The monoisotopic (exact) mass is 330 g/mol. The van der Waals surface area contributed by atoms with Crippen molar-refractivity contribution >= 4 is 21.4 Å². The third-order valence-corrected chi connectivity index (χ3v) is 6.31. The maximum atomic E-state index is 11.7. The lowest BCUT2D eigenvalue weighted by atomic mass is 9.95. The van der Waals surface area contributed by atoms with E-state index in [4.69, 9.17) is 17.3 Å². The Morgan fingerprint density at radius 3 is 2.48 bits per heavy atom. The van der Waals surface area contributed by atoms with Crippen molar-refractivity contribution in [2.75, 3.05) is 18.6 Å². The molecule has 1 fully saturated rings. The van der Waals surface area contributed by atoms with Gasteiger partial charge in [0.1, 0.15) is 0 Å². The van der Waals surface area contributed by atoms with Gasteiger partial charge in [0.2, 0.25) is 0 Å². The Morgan fingerprint density at radius 1 is 1.38 bits per heavy atom. The van der Waals surface area contributed by atoms with Crippen LogP contribution in [0, 0.1) is 0 Å². The third-order valence-electron chi connectivity index (χ3n) is 4.31. The van der Waals surface area contributed by atoms with Gasteiger partial charge in [0.15, 0.2) is 9.84 Å². The zero-order chi connectivity index (χ0) is 15.6. The second-order valence-electron chi connectivity index (χ2n) is 5.79. The van der Waals surface area contributed by atoms with Crippen LogP contribution in [0.5, 0.6) is 0 Å². The van der Waals surface area contributed by atoms with Crippen molar-refractivity contribution in [2.45, 2.75) is 37.9 Å². The first-order valence-corrected chi connectivity index (χ1v) is 9.47. The summed E-state index contributed by atoms with van der Waals surface area (Å²) in [5.41, 5.74) is 7.38. The number of hydrogen-bond donors (Lipinski definition) is 1. The average molecular weight is 331 g/mol. The van der Waals surface area contributed by atoms with Crippen LogP contribution in [0.1, 0.15) is 31.4 Å². The van der Waals surface area contributed by atoms with Gasteiger partial charge in [0, 0.05) is 23.1 Å². The highest BCUT2D eigenvalue weighted by Crippen LogP contribution is 2.30. The second kappa shape index (κ2) is 6.65. The van der Waals surface area contributed by atoms with Crippen molar-refractivity contribution < 1.29 is 8.42 Å². The van der Waals surface area contributed by atoms with Crippen molar-refractivity contribution in [3.8, 4) is 0 Å². The molecule has 0 bridgehead atoms. The van der Waals surface area contributed by atoms with Gasteiger partial charge in [-0.1, -0.05) is 30.7 Å². The van der Waals surface area contributed by atoms with E-state index in [1.54, 1.807) is 0 Å². The van der Waals surface area contributed by atoms with E-state index in [2.05, 4.69) is 4.90 Å². The topological polar surface area (TPSA) is 63.4 Å². The predicted molar refractivity (Wildman–Crippen MR) is 87.3 cm³/mol. The lowest BCUT2D eigenvalue weighted by Crippen LogP contribution is -2.44. The van der Waals surface area contributed by atoms with Crippen molar-refractivity contribution in [1.82, 2.24) is 4.90 Å². The van der Waals surface area contributed by atoms with Crippen LogP contribution in [0.4, 0.5) is 0 Å². The van der Waals surface area contributed by atoms with E-state index in [1.807, 2.05) is 38.2 Å². The molecule has 6 heteroatoms. The summed E-state index contributed by atoms with van der Waals surface area (Å²) in [6.07, 6.45) is 1.51. The summed E-state index contributed by atoms with van der Waals surface area (Å²) in [5, 5.41) is 0.689. The minimum absolute atomic E-state index is 0.00515. The Morgan fingerprint density at radius 2 is 2.00 bits per heavy atom. The Balaban J connectivity index is 2.26. The van der Waals surface area contributed by atoms with Crippen LogP contribution in [-0.2, 0) is 9.84 Å². The molecule has 0 saturated carbocycles. The minimum Gasteiger partial charge on any atom is -0.326 e. The molecule has 118 valence electrons. The van der Waals surface area contributed by atoms with E-state index in [1.165, 1.54) is 0 Å². The van der Waals surface area contributed by atoms with Gasteiger partial charge >= 0.3 is 0 Å². The largest absolute Gasteiger partial charge is 0.326 e. The van der Waals surface area contributed by atoms with E-state index in [0.29, 0.717) is 11.4 Å². The quantitative estimate of drug-likeness (QED) is 0.899. The molecule has 1 heterocycles. The summed E-state index contributed by atoms with van der Waals surface area (Å²) >= 11 is 5.95. The molecule has 2 rings (SSSR count). The zero-order valence-electron chi connectivity index (χ0n) is 12.5. The van der Waals surface area contributed by atoms with E-state index >= 15 is 0 Å². The number of benzene rings is 1.